The lowest BCUT2D eigenvalue weighted by molar-refractivity contribution is -0.274. The number of rotatable bonds is 5. The van der Waals surface area contributed by atoms with Crippen LogP contribution in [0.4, 0.5) is 19.1 Å². The van der Waals surface area contributed by atoms with E-state index in [-0.39, 0.29) is 12.3 Å². The molecule has 0 aliphatic heterocycles. The molecule has 9 heteroatoms. The highest BCUT2D eigenvalue weighted by atomic mass is 19.4. The first kappa shape index (κ1) is 16.5. The van der Waals surface area contributed by atoms with Crippen molar-refractivity contribution in [2.45, 2.75) is 12.4 Å². The first-order valence-electron chi connectivity index (χ1n) is 6.44. The van der Waals surface area contributed by atoms with E-state index in [1.807, 2.05) is 6.07 Å². The fourth-order valence-corrected chi connectivity index (χ4v) is 1.71. The van der Waals surface area contributed by atoms with Crippen molar-refractivity contribution < 1.29 is 17.9 Å². The van der Waals surface area contributed by atoms with Gasteiger partial charge in [0.25, 0.3) is 0 Å². The average molecular weight is 323 g/mol. The standard InChI is InChI=1S/C14H12F3N5O/c15-14(16,17)23-11-3-1-10(2-4-11)12(19)8-22-13-20-6-9(5-18)7-21-13/h1-4,6-7,12H,8,19H2,(H,20,21,22)/t12-/m0/s1. The van der Waals surface area contributed by atoms with E-state index in [1.165, 1.54) is 36.7 Å². The van der Waals surface area contributed by atoms with Crippen LogP contribution in [-0.2, 0) is 0 Å². The minimum Gasteiger partial charge on any atom is -0.406 e. The van der Waals surface area contributed by atoms with Crippen molar-refractivity contribution in [2.75, 3.05) is 11.9 Å². The molecule has 3 N–H and O–H groups in total. The van der Waals surface area contributed by atoms with Crippen molar-refractivity contribution in [3.8, 4) is 11.8 Å². The Morgan fingerprint density at radius 3 is 2.35 bits per heavy atom. The van der Waals surface area contributed by atoms with Crippen molar-refractivity contribution in [2.24, 2.45) is 5.73 Å². The van der Waals surface area contributed by atoms with Gasteiger partial charge >= 0.3 is 6.36 Å². The Hall–Kier alpha value is -2.86. The van der Waals surface area contributed by atoms with Gasteiger partial charge in [0.05, 0.1) is 18.0 Å². The molecule has 0 aliphatic carbocycles. The third-order valence-corrected chi connectivity index (χ3v) is 2.80. The molecule has 1 atom stereocenters. The first-order chi connectivity index (χ1) is 10.9. The van der Waals surface area contributed by atoms with Crippen LogP contribution in [0.25, 0.3) is 0 Å². The van der Waals surface area contributed by atoms with Gasteiger partial charge in [-0.1, -0.05) is 12.1 Å². The summed E-state index contributed by atoms with van der Waals surface area (Å²) in [6, 6.07) is 6.71. The van der Waals surface area contributed by atoms with Crippen molar-refractivity contribution in [1.29, 1.82) is 5.26 Å². The summed E-state index contributed by atoms with van der Waals surface area (Å²) in [5.74, 6) is -0.00619. The molecule has 23 heavy (non-hydrogen) atoms. The maximum Gasteiger partial charge on any atom is 0.573 e. The van der Waals surface area contributed by atoms with Crippen LogP contribution in [0.5, 0.6) is 5.75 Å². The minimum atomic E-state index is -4.72. The normalized spacial score (nSPS) is 12.3. The molecule has 1 aromatic heterocycles. The smallest absolute Gasteiger partial charge is 0.406 e. The number of anilines is 1. The van der Waals surface area contributed by atoms with Gasteiger partial charge in [-0.15, -0.1) is 13.2 Å². The van der Waals surface area contributed by atoms with E-state index in [1.54, 1.807) is 0 Å². The van der Waals surface area contributed by atoms with Crippen molar-refractivity contribution >= 4 is 5.95 Å². The lowest BCUT2D eigenvalue weighted by Gasteiger charge is -2.14. The molecule has 120 valence electrons. The lowest BCUT2D eigenvalue weighted by atomic mass is 10.1. The van der Waals surface area contributed by atoms with Crippen molar-refractivity contribution in [3.63, 3.8) is 0 Å². The van der Waals surface area contributed by atoms with Crippen LogP contribution >= 0.6 is 0 Å². The van der Waals surface area contributed by atoms with Gasteiger partial charge in [-0.3, -0.25) is 0 Å². The number of nitrogens with two attached hydrogens (primary N) is 1. The molecule has 0 spiro atoms. The first-order valence-corrected chi connectivity index (χ1v) is 6.44. The van der Waals surface area contributed by atoms with Gasteiger partial charge in [0.15, 0.2) is 0 Å². The van der Waals surface area contributed by atoms with Gasteiger partial charge in [-0.05, 0) is 17.7 Å². The van der Waals surface area contributed by atoms with E-state index in [0.717, 1.165) is 0 Å². The second kappa shape index (κ2) is 6.93. The summed E-state index contributed by atoms with van der Waals surface area (Å²) in [4.78, 5) is 7.85. The number of alkyl halides is 3. The Kier molecular flexibility index (Phi) is 4.98. The summed E-state index contributed by atoms with van der Waals surface area (Å²) in [7, 11) is 0. The summed E-state index contributed by atoms with van der Waals surface area (Å²) in [6.45, 7) is 0.269. The number of benzene rings is 1. The zero-order valence-corrected chi connectivity index (χ0v) is 11.7. The lowest BCUT2D eigenvalue weighted by Crippen LogP contribution is -2.21. The number of nitrogens with one attached hydrogen (secondary N) is 1. The van der Waals surface area contributed by atoms with Crippen LogP contribution in [0.15, 0.2) is 36.7 Å². The Morgan fingerprint density at radius 2 is 1.83 bits per heavy atom. The quantitative estimate of drug-likeness (QED) is 0.877. The molecule has 0 bridgehead atoms. The summed E-state index contributed by atoms with van der Waals surface area (Å²) in [5.41, 5.74) is 6.90. The highest BCUT2D eigenvalue weighted by Gasteiger charge is 2.31. The van der Waals surface area contributed by atoms with E-state index in [0.29, 0.717) is 17.1 Å². The second-order valence-electron chi connectivity index (χ2n) is 4.51. The SMILES string of the molecule is N#Cc1cnc(NC[C@H](N)c2ccc(OC(F)(F)F)cc2)nc1. The Balaban J connectivity index is 1.92. The zero-order chi connectivity index (χ0) is 16.9. The predicted octanol–water partition coefficient (Wildman–Crippen LogP) is 2.36. The van der Waals surface area contributed by atoms with Crippen LogP contribution in [0.3, 0.4) is 0 Å². The summed E-state index contributed by atoms with van der Waals surface area (Å²) in [6.07, 6.45) is -1.99. The molecular weight excluding hydrogens is 311 g/mol. The molecule has 6 nitrogen and oxygen atoms in total. The largest absolute Gasteiger partial charge is 0.573 e. The second-order valence-corrected chi connectivity index (χ2v) is 4.51. The minimum absolute atomic E-state index is 0.269. The van der Waals surface area contributed by atoms with E-state index in [9.17, 15) is 13.2 Å². The van der Waals surface area contributed by atoms with Crippen LogP contribution in [0.1, 0.15) is 17.2 Å². The topological polar surface area (TPSA) is 96.9 Å². The van der Waals surface area contributed by atoms with Crippen LogP contribution in [0.2, 0.25) is 0 Å². The van der Waals surface area contributed by atoms with Crippen LogP contribution in [0, 0.1) is 11.3 Å². The zero-order valence-electron chi connectivity index (χ0n) is 11.7. The molecule has 0 saturated carbocycles. The molecule has 1 aromatic carbocycles. The fourth-order valence-electron chi connectivity index (χ4n) is 1.71. The van der Waals surface area contributed by atoms with Gasteiger partial charge in [-0.2, -0.15) is 5.26 Å². The number of halogens is 3. The number of nitrogens with zero attached hydrogens (tertiary/aromatic N) is 3. The summed E-state index contributed by atoms with van der Waals surface area (Å²) < 4.78 is 40.0. The van der Waals surface area contributed by atoms with Gasteiger partial charge in [0.2, 0.25) is 5.95 Å². The molecule has 0 amide bonds. The van der Waals surface area contributed by atoms with Gasteiger partial charge < -0.3 is 15.8 Å². The third kappa shape index (κ3) is 5.12. The molecule has 0 saturated heterocycles. The fraction of sp³-hybridized carbons (Fsp3) is 0.214. The van der Waals surface area contributed by atoms with E-state index >= 15 is 0 Å². The molecule has 2 aromatic rings. The number of nitriles is 1. The maximum atomic E-state index is 12.1. The number of hydrogen-bond donors (Lipinski definition) is 2. The molecule has 1 heterocycles. The Morgan fingerprint density at radius 1 is 1.22 bits per heavy atom. The number of ether oxygens (including phenoxy) is 1. The Labute approximate surface area is 129 Å². The van der Waals surface area contributed by atoms with E-state index in [2.05, 4.69) is 20.0 Å². The van der Waals surface area contributed by atoms with Crippen molar-refractivity contribution in [1.82, 2.24) is 9.97 Å². The highest BCUT2D eigenvalue weighted by Crippen LogP contribution is 2.24. The number of aromatic nitrogens is 2. The van der Waals surface area contributed by atoms with Crippen LogP contribution < -0.4 is 15.8 Å². The van der Waals surface area contributed by atoms with Gasteiger partial charge in [0, 0.05) is 12.6 Å². The van der Waals surface area contributed by atoms with Gasteiger partial charge in [0.1, 0.15) is 11.8 Å². The van der Waals surface area contributed by atoms with Gasteiger partial charge in [-0.25, -0.2) is 9.97 Å². The molecule has 0 radical (unpaired) electrons. The summed E-state index contributed by atoms with van der Waals surface area (Å²) in [5, 5.41) is 11.5. The number of hydrogen-bond acceptors (Lipinski definition) is 6. The third-order valence-electron chi connectivity index (χ3n) is 2.80. The molecular formula is C14H12F3N5O. The average Bonchev–Trinajstić information content (AvgIpc) is 2.52. The highest BCUT2D eigenvalue weighted by molar-refractivity contribution is 5.33. The van der Waals surface area contributed by atoms with E-state index in [4.69, 9.17) is 11.0 Å². The Bertz CT molecular complexity index is 680. The van der Waals surface area contributed by atoms with Crippen LogP contribution in [-0.4, -0.2) is 22.9 Å². The molecule has 0 aliphatic rings. The monoisotopic (exact) mass is 323 g/mol. The predicted molar refractivity (Wildman–Crippen MR) is 75.3 cm³/mol. The summed E-state index contributed by atoms with van der Waals surface area (Å²) >= 11 is 0. The van der Waals surface area contributed by atoms with E-state index < -0.39 is 12.4 Å². The van der Waals surface area contributed by atoms with Crippen molar-refractivity contribution in [3.05, 3.63) is 47.8 Å². The molecule has 0 fully saturated rings. The molecule has 2 rings (SSSR count). The molecule has 0 unspecified atom stereocenters. The maximum absolute atomic E-state index is 12.1.